The van der Waals surface area contributed by atoms with Crippen molar-refractivity contribution in [2.75, 3.05) is 30.9 Å². The van der Waals surface area contributed by atoms with Crippen LogP contribution in [0.5, 0.6) is 5.75 Å². The lowest BCUT2D eigenvalue weighted by Crippen LogP contribution is -2.26. The van der Waals surface area contributed by atoms with Crippen LogP contribution < -0.4 is 21.3 Å². The van der Waals surface area contributed by atoms with Gasteiger partial charge in [0.15, 0.2) is 0 Å². The molecule has 5 N–H and O–H groups in total. The topological polar surface area (TPSA) is 118 Å². The first-order chi connectivity index (χ1) is 16.7. The monoisotopic (exact) mass is 475 g/mol. The largest absolute Gasteiger partial charge is 0.492 e. The molecule has 0 spiro atoms. The minimum absolute atomic E-state index is 0.0306. The molecule has 2 heterocycles. The summed E-state index contributed by atoms with van der Waals surface area (Å²) >= 11 is 0. The molecule has 0 saturated carbocycles. The summed E-state index contributed by atoms with van der Waals surface area (Å²) in [6, 6.07) is 11.9. The van der Waals surface area contributed by atoms with Crippen LogP contribution in [0.4, 0.5) is 11.4 Å². The lowest BCUT2D eigenvalue weighted by molar-refractivity contribution is -0.137. The number of anilines is 2. The fourth-order valence-corrected chi connectivity index (χ4v) is 4.73. The number of rotatable bonds is 7. The molecule has 1 atom stereocenters. The van der Waals surface area contributed by atoms with Gasteiger partial charge in [-0.3, -0.25) is 14.7 Å². The van der Waals surface area contributed by atoms with Crippen molar-refractivity contribution in [3.8, 4) is 5.75 Å². The molecule has 1 aromatic heterocycles. The Hall–Kier alpha value is -3.62. The molecule has 0 fully saturated rings. The highest BCUT2D eigenvalue weighted by molar-refractivity contribution is 5.74. The zero-order chi connectivity index (χ0) is 25.1. The van der Waals surface area contributed by atoms with E-state index >= 15 is 0 Å². The van der Waals surface area contributed by atoms with Gasteiger partial charge in [-0.05, 0) is 53.8 Å². The van der Waals surface area contributed by atoms with E-state index in [2.05, 4.69) is 28.9 Å². The number of ether oxygens (including phenoxy) is 1. The molecule has 8 nitrogen and oxygen atoms in total. The maximum absolute atomic E-state index is 11.9. The Morgan fingerprint density at radius 1 is 1.26 bits per heavy atom. The molecule has 0 amide bonds. The van der Waals surface area contributed by atoms with E-state index in [1.54, 1.807) is 13.2 Å². The number of aryl methyl sites for hydroxylation is 1. The molecule has 1 aliphatic heterocycles. The zero-order valence-electron chi connectivity index (χ0n) is 20.5. The third-order valence-electron chi connectivity index (χ3n) is 6.76. The first-order valence-corrected chi connectivity index (χ1v) is 11.7. The van der Waals surface area contributed by atoms with Gasteiger partial charge in [-0.15, -0.1) is 0 Å². The second kappa shape index (κ2) is 10.3. The van der Waals surface area contributed by atoms with E-state index in [0.29, 0.717) is 18.0 Å². The van der Waals surface area contributed by atoms with Gasteiger partial charge in [0, 0.05) is 50.6 Å². The molecule has 0 saturated heterocycles. The van der Waals surface area contributed by atoms with Crippen LogP contribution in [-0.4, -0.2) is 41.2 Å². The summed E-state index contributed by atoms with van der Waals surface area (Å²) in [7, 11) is 1.73. The Morgan fingerprint density at radius 2 is 2.06 bits per heavy atom. The Kier molecular flexibility index (Phi) is 7.23. The van der Waals surface area contributed by atoms with Crippen LogP contribution in [0, 0.1) is 13.8 Å². The SMILES string of the molecule is Cc1ccc([C@@H](CC(=O)O)c2ccc(N(C)N)c(N)c2C)cc1CN1CCOc2ccncc2C1. The van der Waals surface area contributed by atoms with Crippen LogP contribution >= 0.6 is 0 Å². The number of hydrogen-bond acceptors (Lipinski definition) is 7. The highest BCUT2D eigenvalue weighted by atomic mass is 16.5. The van der Waals surface area contributed by atoms with Gasteiger partial charge in [-0.2, -0.15) is 0 Å². The van der Waals surface area contributed by atoms with Crippen LogP contribution in [0.15, 0.2) is 48.8 Å². The summed E-state index contributed by atoms with van der Waals surface area (Å²) < 4.78 is 5.89. The molecular formula is C27H33N5O3. The Morgan fingerprint density at radius 3 is 2.80 bits per heavy atom. The van der Waals surface area contributed by atoms with Gasteiger partial charge < -0.3 is 20.6 Å². The van der Waals surface area contributed by atoms with Crippen LogP contribution in [0.25, 0.3) is 0 Å². The van der Waals surface area contributed by atoms with Crippen molar-refractivity contribution in [3.05, 3.63) is 82.2 Å². The molecule has 4 rings (SSSR count). The predicted molar refractivity (Wildman–Crippen MR) is 137 cm³/mol. The average Bonchev–Trinajstić information content (AvgIpc) is 3.02. The summed E-state index contributed by atoms with van der Waals surface area (Å²) in [6.45, 7) is 6.89. The molecule has 1 aliphatic rings. The van der Waals surface area contributed by atoms with Crippen molar-refractivity contribution in [2.24, 2.45) is 5.84 Å². The number of nitrogens with zero attached hydrogens (tertiary/aromatic N) is 3. The summed E-state index contributed by atoms with van der Waals surface area (Å²) in [5.74, 6) is 5.61. The molecule has 0 bridgehead atoms. The van der Waals surface area contributed by atoms with E-state index in [0.717, 1.165) is 58.8 Å². The lowest BCUT2D eigenvalue weighted by atomic mass is 9.84. The van der Waals surface area contributed by atoms with Gasteiger partial charge in [0.25, 0.3) is 0 Å². The van der Waals surface area contributed by atoms with Crippen molar-refractivity contribution >= 4 is 17.3 Å². The van der Waals surface area contributed by atoms with E-state index in [9.17, 15) is 9.90 Å². The molecule has 0 unspecified atom stereocenters. The second-order valence-electron chi connectivity index (χ2n) is 9.20. The third kappa shape index (κ3) is 5.39. The number of aromatic nitrogens is 1. The van der Waals surface area contributed by atoms with Crippen molar-refractivity contribution in [3.63, 3.8) is 0 Å². The molecule has 8 heteroatoms. The van der Waals surface area contributed by atoms with Crippen molar-refractivity contribution in [1.82, 2.24) is 9.88 Å². The Balaban J connectivity index is 1.67. The van der Waals surface area contributed by atoms with Crippen molar-refractivity contribution in [2.45, 2.75) is 39.3 Å². The van der Waals surface area contributed by atoms with Gasteiger partial charge in [0.1, 0.15) is 12.4 Å². The number of fused-ring (bicyclic) bond motifs is 1. The quantitative estimate of drug-likeness (QED) is 0.270. The molecule has 0 aliphatic carbocycles. The fourth-order valence-electron chi connectivity index (χ4n) is 4.73. The number of carbonyl (C=O) groups is 1. The maximum Gasteiger partial charge on any atom is 0.304 e. The summed E-state index contributed by atoms with van der Waals surface area (Å²) in [4.78, 5) is 18.4. The van der Waals surface area contributed by atoms with E-state index in [1.807, 2.05) is 37.4 Å². The van der Waals surface area contributed by atoms with Crippen LogP contribution in [-0.2, 0) is 17.9 Å². The van der Waals surface area contributed by atoms with Gasteiger partial charge in [-0.25, -0.2) is 5.84 Å². The highest BCUT2D eigenvalue weighted by Gasteiger charge is 2.23. The summed E-state index contributed by atoms with van der Waals surface area (Å²) in [6.07, 6.45) is 3.57. The summed E-state index contributed by atoms with van der Waals surface area (Å²) in [5, 5.41) is 11.2. The van der Waals surface area contributed by atoms with Crippen LogP contribution in [0.3, 0.4) is 0 Å². The van der Waals surface area contributed by atoms with Gasteiger partial charge in [0.05, 0.1) is 17.8 Å². The lowest BCUT2D eigenvalue weighted by Gasteiger charge is -2.25. The van der Waals surface area contributed by atoms with Crippen molar-refractivity contribution in [1.29, 1.82) is 0 Å². The number of carboxylic acid groups (broad SMARTS) is 1. The minimum atomic E-state index is -0.858. The van der Waals surface area contributed by atoms with Gasteiger partial charge >= 0.3 is 5.97 Å². The van der Waals surface area contributed by atoms with Gasteiger partial charge in [-0.1, -0.05) is 24.3 Å². The molecule has 35 heavy (non-hydrogen) atoms. The number of hydrogen-bond donors (Lipinski definition) is 3. The van der Waals surface area contributed by atoms with E-state index in [4.69, 9.17) is 16.3 Å². The fraction of sp³-hybridized carbons (Fsp3) is 0.333. The number of pyridine rings is 1. The highest BCUT2D eigenvalue weighted by Crippen LogP contribution is 2.37. The normalized spacial score (nSPS) is 14.5. The Bertz CT molecular complexity index is 1230. The minimum Gasteiger partial charge on any atom is -0.492 e. The van der Waals surface area contributed by atoms with Gasteiger partial charge in [0.2, 0.25) is 0 Å². The number of benzene rings is 2. The number of carboxylic acids is 1. The molecule has 2 aromatic carbocycles. The van der Waals surface area contributed by atoms with Crippen LogP contribution in [0.2, 0.25) is 0 Å². The first kappa shape index (κ1) is 24.5. The number of nitrogen functional groups attached to an aromatic ring is 1. The summed E-state index contributed by atoms with van der Waals surface area (Å²) in [5.41, 5.74) is 13.7. The number of hydrazine groups is 1. The Labute approximate surface area is 206 Å². The molecular weight excluding hydrogens is 442 g/mol. The number of aliphatic carboxylic acids is 1. The van der Waals surface area contributed by atoms with Crippen molar-refractivity contribution < 1.29 is 14.6 Å². The molecule has 3 aromatic rings. The predicted octanol–water partition coefficient (Wildman–Crippen LogP) is 3.59. The van der Waals surface area contributed by atoms with E-state index in [-0.39, 0.29) is 12.3 Å². The molecule has 184 valence electrons. The van der Waals surface area contributed by atoms with Crippen LogP contribution in [0.1, 0.15) is 45.7 Å². The number of nitrogens with two attached hydrogens (primary N) is 2. The smallest absolute Gasteiger partial charge is 0.304 e. The standard InChI is InChI=1S/C27H33N5O3/c1-17-4-5-19(12-20(17)15-32-10-11-35-25-8-9-30-14-21(25)16-32)23(13-26(33)34)22-6-7-24(31(3)29)27(28)18(22)2/h4-9,12,14,23H,10-11,13,15-16,28-29H2,1-3H3,(H,33,34)/t23-/m1/s1. The zero-order valence-corrected chi connectivity index (χ0v) is 20.5. The first-order valence-electron chi connectivity index (χ1n) is 11.7. The third-order valence-corrected chi connectivity index (χ3v) is 6.76. The van der Waals surface area contributed by atoms with E-state index in [1.165, 1.54) is 5.01 Å². The second-order valence-corrected chi connectivity index (χ2v) is 9.20. The average molecular weight is 476 g/mol. The maximum atomic E-state index is 11.9. The molecule has 0 radical (unpaired) electrons. The van der Waals surface area contributed by atoms with E-state index < -0.39 is 5.97 Å².